The molecular formula is C11H14N4OS3. The Labute approximate surface area is 124 Å². The lowest BCUT2D eigenvalue weighted by atomic mass is 10.4. The van der Waals surface area contributed by atoms with Crippen molar-refractivity contribution in [2.45, 2.75) is 11.8 Å². The van der Waals surface area contributed by atoms with E-state index in [-0.39, 0.29) is 0 Å². The Kier molecular flexibility index (Phi) is 3.99. The number of imidazole rings is 1. The molecule has 0 aliphatic carbocycles. The molecule has 1 aliphatic heterocycles. The number of fused-ring (bicyclic) bond motifs is 1. The topological polar surface area (TPSA) is 55.7 Å². The molecule has 102 valence electrons. The zero-order valence-corrected chi connectivity index (χ0v) is 12.9. The van der Waals surface area contributed by atoms with Crippen LogP contribution in [0.25, 0.3) is 11.2 Å². The number of hydrogen-bond donors (Lipinski definition) is 1. The summed E-state index contributed by atoms with van der Waals surface area (Å²) in [7, 11) is 1.60. The third kappa shape index (κ3) is 2.61. The van der Waals surface area contributed by atoms with Crippen LogP contribution in [0, 0.1) is 4.77 Å². The maximum absolute atomic E-state index is 5.40. The molecule has 1 unspecified atom stereocenters. The first kappa shape index (κ1) is 13.3. The van der Waals surface area contributed by atoms with Gasteiger partial charge < -0.3 is 14.3 Å². The fourth-order valence-electron chi connectivity index (χ4n) is 2.12. The zero-order valence-electron chi connectivity index (χ0n) is 10.5. The van der Waals surface area contributed by atoms with E-state index in [0.29, 0.717) is 15.9 Å². The molecule has 5 nitrogen and oxygen atoms in total. The minimum Gasteiger partial charge on any atom is -0.479 e. The summed E-state index contributed by atoms with van der Waals surface area (Å²) >= 11 is 9.42. The lowest BCUT2D eigenvalue weighted by Gasteiger charge is -2.21. The minimum atomic E-state index is 0.542. The summed E-state index contributed by atoms with van der Waals surface area (Å²) < 4.78 is 7.97. The van der Waals surface area contributed by atoms with Crippen molar-refractivity contribution < 1.29 is 4.74 Å². The van der Waals surface area contributed by atoms with Crippen LogP contribution in [-0.4, -0.2) is 49.1 Å². The minimum absolute atomic E-state index is 0.542. The van der Waals surface area contributed by atoms with Crippen LogP contribution >= 0.6 is 35.7 Å². The molecule has 1 fully saturated rings. The van der Waals surface area contributed by atoms with E-state index in [9.17, 15) is 0 Å². The number of nitrogens with zero attached hydrogens (tertiary/aromatic N) is 3. The lowest BCUT2D eigenvalue weighted by Crippen LogP contribution is -2.20. The van der Waals surface area contributed by atoms with E-state index in [1.165, 1.54) is 23.6 Å². The van der Waals surface area contributed by atoms with Crippen molar-refractivity contribution in [3.8, 4) is 5.88 Å². The van der Waals surface area contributed by atoms with Crippen LogP contribution in [0.3, 0.4) is 0 Å². The highest BCUT2D eigenvalue weighted by Gasteiger charge is 2.18. The highest BCUT2D eigenvalue weighted by molar-refractivity contribution is 8.06. The monoisotopic (exact) mass is 314 g/mol. The summed E-state index contributed by atoms with van der Waals surface area (Å²) in [6, 6.07) is 0. The fourth-order valence-corrected chi connectivity index (χ4v) is 5.03. The van der Waals surface area contributed by atoms with Gasteiger partial charge in [0.15, 0.2) is 10.4 Å². The standard InChI is InChI=1S/C11H14N4OS3/c1-16-10-8-9(12-6-13-10)15(11(17)14-8)4-7-5-18-2-3-19-7/h6-7H,2-5H2,1H3,(H,14,17). The molecule has 8 heteroatoms. The summed E-state index contributed by atoms with van der Waals surface area (Å²) in [5.41, 5.74) is 1.61. The highest BCUT2D eigenvalue weighted by Crippen LogP contribution is 2.27. The molecule has 0 bridgehead atoms. The Morgan fingerprint density at radius 3 is 3.16 bits per heavy atom. The second kappa shape index (κ2) is 5.72. The van der Waals surface area contributed by atoms with Crippen molar-refractivity contribution in [2.75, 3.05) is 24.4 Å². The molecular weight excluding hydrogens is 300 g/mol. The number of ether oxygens (including phenoxy) is 1. The summed E-state index contributed by atoms with van der Waals surface area (Å²) in [5, 5.41) is 0.588. The number of hydrogen-bond acceptors (Lipinski definition) is 6. The molecule has 0 amide bonds. The van der Waals surface area contributed by atoms with E-state index in [0.717, 1.165) is 17.7 Å². The highest BCUT2D eigenvalue weighted by atomic mass is 32.2. The first-order valence-corrected chi connectivity index (χ1v) is 8.57. The van der Waals surface area contributed by atoms with Gasteiger partial charge in [0.1, 0.15) is 11.8 Å². The first-order chi connectivity index (χ1) is 9.29. The maximum Gasteiger partial charge on any atom is 0.242 e. The Hall–Kier alpha value is -0.730. The van der Waals surface area contributed by atoms with Crippen molar-refractivity contribution in [2.24, 2.45) is 0 Å². The molecule has 0 spiro atoms. The number of aromatic nitrogens is 4. The molecule has 2 aromatic heterocycles. The first-order valence-electron chi connectivity index (χ1n) is 5.96. The van der Waals surface area contributed by atoms with Crippen molar-refractivity contribution in [1.82, 2.24) is 19.5 Å². The van der Waals surface area contributed by atoms with Crippen LogP contribution in [-0.2, 0) is 6.54 Å². The van der Waals surface area contributed by atoms with E-state index in [1.807, 2.05) is 23.5 Å². The second-order valence-electron chi connectivity index (χ2n) is 4.19. The molecule has 0 radical (unpaired) electrons. The molecule has 1 atom stereocenters. The van der Waals surface area contributed by atoms with Gasteiger partial charge in [0.05, 0.1) is 7.11 Å². The van der Waals surface area contributed by atoms with Crippen molar-refractivity contribution >= 4 is 46.9 Å². The van der Waals surface area contributed by atoms with Crippen LogP contribution in [0.2, 0.25) is 0 Å². The summed E-state index contributed by atoms with van der Waals surface area (Å²) in [4.78, 5) is 11.6. The fraction of sp³-hybridized carbons (Fsp3) is 0.545. The molecule has 2 aromatic rings. The van der Waals surface area contributed by atoms with Crippen LogP contribution in [0.4, 0.5) is 0 Å². The average molecular weight is 314 g/mol. The van der Waals surface area contributed by atoms with Gasteiger partial charge in [-0.15, -0.1) is 0 Å². The number of nitrogens with one attached hydrogen (secondary N) is 1. The van der Waals surface area contributed by atoms with Gasteiger partial charge in [0.2, 0.25) is 5.88 Å². The molecule has 1 saturated heterocycles. The molecule has 0 aromatic carbocycles. The van der Waals surface area contributed by atoms with Gasteiger partial charge >= 0.3 is 0 Å². The average Bonchev–Trinajstić information content (AvgIpc) is 2.76. The van der Waals surface area contributed by atoms with Gasteiger partial charge in [-0.05, 0) is 12.2 Å². The SMILES string of the molecule is COc1ncnc2c1[nH]c(=S)n2CC1CSCCS1. The second-order valence-corrected chi connectivity index (χ2v) is 7.13. The number of methoxy groups -OCH3 is 1. The molecule has 3 heterocycles. The largest absolute Gasteiger partial charge is 0.479 e. The quantitative estimate of drug-likeness (QED) is 0.878. The molecule has 19 heavy (non-hydrogen) atoms. The van der Waals surface area contributed by atoms with Gasteiger partial charge in [-0.3, -0.25) is 0 Å². The smallest absolute Gasteiger partial charge is 0.242 e. The summed E-state index contributed by atoms with van der Waals surface area (Å²) in [6.45, 7) is 0.886. The van der Waals surface area contributed by atoms with Gasteiger partial charge in [-0.1, -0.05) is 0 Å². The van der Waals surface area contributed by atoms with E-state index in [4.69, 9.17) is 17.0 Å². The molecule has 1 N–H and O–H groups in total. The Balaban J connectivity index is 1.98. The van der Waals surface area contributed by atoms with Crippen molar-refractivity contribution in [1.29, 1.82) is 0 Å². The number of thioether (sulfide) groups is 2. The van der Waals surface area contributed by atoms with Crippen molar-refractivity contribution in [3.05, 3.63) is 11.1 Å². The number of aromatic amines is 1. The summed E-state index contributed by atoms with van der Waals surface area (Å²) in [6.07, 6.45) is 1.52. The Bertz CT molecular complexity index is 632. The predicted molar refractivity (Wildman–Crippen MR) is 82.8 cm³/mol. The lowest BCUT2D eigenvalue weighted by molar-refractivity contribution is 0.401. The number of rotatable bonds is 3. The van der Waals surface area contributed by atoms with Crippen molar-refractivity contribution in [3.63, 3.8) is 0 Å². The number of H-pyrrole nitrogens is 1. The summed E-state index contributed by atoms with van der Waals surface area (Å²) in [5.74, 6) is 4.17. The van der Waals surface area contributed by atoms with Gasteiger partial charge in [-0.25, -0.2) is 4.98 Å². The zero-order chi connectivity index (χ0) is 13.2. The van der Waals surface area contributed by atoms with Gasteiger partial charge in [-0.2, -0.15) is 28.5 Å². The van der Waals surface area contributed by atoms with Crippen LogP contribution in [0.5, 0.6) is 5.88 Å². The van der Waals surface area contributed by atoms with E-state index in [2.05, 4.69) is 19.5 Å². The van der Waals surface area contributed by atoms with Crippen LogP contribution in [0.15, 0.2) is 6.33 Å². The Morgan fingerprint density at radius 1 is 1.53 bits per heavy atom. The maximum atomic E-state index is 5.40. The Morgan fingerprint density at radius 2 is 2.42 bits per heavy atom. The predicted octanol–water partition coefficient (Wildman–Crippen LogP) is 2.35. The van der Waals surface area contributed by atoms with Crippen LogP contribution in [0.1, 0.15) is 0 Å². The third-order valence-corrected chi connectivity index (χ3v) is 6.14. The van der Waals surface area contributed by atoms with E-state index in [1.54, 1.807) is 7.11 Å². The molecule has 1 aliphatic rings. The normalized spacial score (nSPS) is 19.7. The van der Waals surface area contributed by atoms with Gasteiger partial charge in [0, 0.05) is 29.1 Å². The van der Waals surface area contributed by atoms with Crippen LogP contribution < -0.4 is 4.74 Å². The van der Waals surface area contributed by atoms with E-state index >= 15 is 0 Å². The van der Waals surface area contributed by atoms with Gasteiger partial charge in [0.25, 0.3) is 0 Å². The molecule has 3 rings (SSSR count). The molecule has 0 saturated carbocycles. The third-order valence-electron chi connectivity index (χ3n) is 2.99. The van der Waals surface area contributed by atoms with E-state index < -0.39 is 0 Å².